The van der Waals surface area contributed by atoms with E-state index < -0.39 is 12.5 Å². The van der Waals surface area contributed by atoms with Crippen LogP contribution in [0.25, 0.3) is 10.1 Å². The summed E-state index contributed by atoms with van der Waals surface area (Å²) in [6, 6.07) is 16.1. The monoisotopic (exact) mass is 370 g/mol. The molecule has 1 aromatic heterocycles. The predicted molar refractivity (Wildman–Crippen MR) is 94.2 cm³/mol. The van der Waals surface area contributed by atoms with E-state index in [1.807, 2.05) is 24.3 Å². The van der Waals surface area contributed by atoms with E-state index in [9.17, 15) is 14.0 Å². The summed E-state index contributed by atoms with van der Waals surface area (Å²) in [6.45, 7) is -2.89. The number of fused-ring (bicyclic) bond motifs is 3. The second kappa shape index (κ2) is 6.32. The average Bonchev–Trinajstić information content (AvgIpc) is 2.99. The van der Waals surface area contributed by atoms with Crippen LogP contribution in [0.15, 0.2) is 60.0 Å². The van der Waals surface area contributed by atoms with Crippen LogP contribution in [-0.2, 0) is 0 Å². The minimum atomic E-state index is -2.89. The van der Waals surface area contributed by atoms with Gasteiger partial charge in [-0.3, -0.25) is 0 Å². The number of allylic oxidation sites excluding steroid dienone is 1. The highest BCUT2D eigenvalue weighted by molar-refractivity contribution is 7.19. The van der Waals surface area contributed by atoms with Crippen molar-refractivity contribution < 1.29 is 18.3 Å². The Morgan fingerprint density at radius 1 is 1.15 bits per heavy atom. The lowest BCUT2D eigenvalue weighted by atomic mass is 9.88. The first-order chi connectivity index (χ1) is 12.6. The number of nitrogens with zero attached hydrogens (tertiary/aromatic N) is 1. The van der Waals surface area contributed by atoms with Crippen LogP contribution in [0.4, 0.5) is 8.78 Å². The van der Waals surface area contributed by atoms with Gasteiger partial charge in [-0.2, -0.15) is 14.0 Å². The largest absolute Gasteiger partial charge is 0.439 e. The molecule has 0 spiro atoms. The van der Waals surface area contributed by atoms with Crippen molar-refractivity contribution in [3.8, 4) is 17.6 Å². The summed E-state index contributed by atoms with van der Waals surface area (Å²) >= 11 is 1.52. The zero-order valence-electron chi connectivity index (χ0n) is 13.3. The molecule has 1 aliphatic rings. The van der Waals surface area contributed by atoms with Crippen LogP contribution in [-0.4, -0.2) is 6.61 Å². The molecule has 4 nitrogen and oxygen atoms in total. The highest BCUT2D eigenvalue weighted by Crippen LogP contribution is 2.50. The predicted octanol–water partition coefficient (Wildman–Crippen LogP) is 4.72. The third kappa shape index (κ3) is 2.65. The number of nitriles is 1. The highest BCUT2D eigenvalue weighted by Gasteiger charge is 2.33. The second-order valence-corrected chi connectivity index (χ2v) is 6.75. The topological polar surface area (TPSA) is 68.3 Å². The van der Waals surface area contributed by atoms with Gasteiger partial charge in [-0.25, -0.2) is 0 Å². The molecule has 0 amide bonds. The van der Waals surface area contributed by atoms with E-state index in [2.05, 4.69) is 10.8 Å². The molecule has 2 aromatic carbocycles. The van der Waals surface area contributed by atoms with Crippen LogP contribution in [0.2, 0.25) is 0 Å². The molecule has 1 aliphatic heterocycles. The van der Waals surface area contributed by atoms with Crippen LogP contribution < -0.4 is 15.2 Å². The Hall–Kier alpha value is -3.11. The van der Waals surface area contributed by atoms with Gasteiger partial charge in [-0.05, 0) is 29.8 Å². The molecule has 0 radical (unpaired) electrons. The number of hydrogen-bond acceptors (Lipinski definition) is 5. The summed E-state index contributed by atoms with van der Waals surface area (Å²) in [4.78, 5) is 0.861. The zero-order chi connectivity index (χ0) is 18.3. The van der Waals surface area contributed by atoms with E-state index in [1.165, 1.54) is 23.5 Å². The number of thiophene rings is 1. The van der Waals surface area contributed by atoms with Crippen molar-refractivity contribution in [2.45, 2.75) is 12.5 Å². The Bertz CT molecular complexity index is 1050. The molecule has 4 rings (SSSR count). The van der Waals surface area contributed by atoms with Crippen molar-refractivity contribution in [3.05, 3.63) is 70.4 Å². The number of alkyl halides is 2. The fourth-order valence-corrected chi connectivity index (χ4v) is 4.32. The van der Waals surface area contributed by atoms with Gasteiger partial charge in [0, 0.05) is 10.1 Å². The van der Waals surface area contributed by atoms with Gasteiger partial charge >= 0.3 is 6.61 Å². The Labute approximate surface area is 151 Å². The van der Waals surface area contributed by atoms with Crippen molar-refractivity contribution in [1.82, 2.24) is 0 Å². The van der Waals surface area contributed by atoms with Crippen LogP contribution in [0, 0.1) is 11.3 Å². The molecule has 0 saturated carbocycles. The highest BCUT2D eigenvalue weighted by atomic mass is 32.1. The molecule has 1 atom stereocenters. The summed E-state index contributed by atoms with van der Waals surface area (Å²) in [5.41, 5.74) is 7.04. The number of ether oxygens (including phenoxy) is 2. The molecule has 2 N–H and O–H groups in total. The first-order valence-electron chi connectivity index (χ1n) is 7.72. The van der Waals surface area contributed by atoms with Crippen LogP contribution >= 0.6 is 11.3 Å². The lowest BCUT2D eigenvalue weighted by Gasteiger charge is -2.24. The van der Waals surface area contributed by atoms with Gasteiger partial charge in [0.15, 0.2) is 5.75 Å². The van der Waals surface area contributed by atoms with Gasteiger partial charge in [0.1, 0.15) is 17.4 Å². The molecule has 1 unspecified atom stereocenters. The third-order valence-corrected chi connectivity index (χ3v) is 5.38. The number of benzene rings is 2. The molecular weight excluding hydrogens is 358 g/mol. The van der Waals surface area contributed by atoms with E-state index in [4.69, 9.17) is 10.5 Å². The van der Waals surface area contributed by atoms with Gasteiger partial charge in [0.05, 0.1) is 10.8 Å². The number of rotatable bonds is 3. The lowest BCUT2D eigenvalue weighted by Crippen LogP contribution is -2.19. The number of halogens is 2. The van der Waals surface area contributed by atoms with Crippen molar-refractivity contribution in [1.29, 1.82) is 5.26 Å². The fraction of sp³-hybridized carbons (Fsp3) is 0.105. The van der Waals surface area contributed by atoms with Crippen molar-refractivity contribution in [3.63, 3.8) is 0 Å². The summed E-state index contributed by atoms with van der Waals surface area (Å²) < 4.78 is 35.9. The van der Waals surface area contributed by atoms with Gasteiger partial charge in [0.25, 0.3) is 0 Å². The number of nitrogens with two attached hydrogens (primary N) is 1. The van der Waals surface area contributed by atoms with Gasteiger partial charge in [0.2, 0.25) is 5.88 Å². The molecule has 3 aromatic rings. The standard InChI is InChI=1S/C19H12F2N2O2S/c20-19(21)24-11-7-5-10(6-8-11)15-13(9-22)18(23)25-16-12-3-1-2-4-14(12)26-17(15)16/h1-8,15,19H,23H2. The Kier molecular flexibility index (Phi) is 3.98. The van der Waals surface area contributed by atoms with Gasteiger partial charge in [-0.15, -0.1) is 11.3 Å². The first-order valence-corrected chi connectivity index (χ1v) is 8.54. The first kappa shape index (κ1) is 16.4. The van der Waals surface area contributed by atoms with Crippen LogP contribution in [0.1, 0.15) is 16.4 Å². The zero-order valence-corrected chi connectivity index (χ0v) is 14.1. The minimum absolute atomic E-state index is 0.0569. The smallest absolute Gasteiger partial charge is 0.387 e. The van der Waals surface area contributed by atoms with Crippen molar-refractivity contribution in [2.75, 3.05) is 0 Å². The van der Waals surface area contributed by atoms with Crippen LogP contribution in [0.3, 0.4) is 0 Å². The Morgan fingerprint density at radius 2 is 1.88 bits per heavy atom. The van der Waals surface area contributed by atoms with E-state index >= 15 is 0 Å². The van der Waals surface area contributed by atoms with Gasteiger partial charge < -0.3 is 15.2 Å². The maximum atomic E-state index is 12.4. The molecule has 0 fully saturated rings. The quantitative estimate of drug-likeness (QED) is 0.724. The average molecular weight is 370 g/mol. The number of hydrogen-bond donors (Lipinski definition) is 1. The molecule has 130 valence electrons. The third-order valence-electron chi connectivity index (χ3n) is 4.16. The SMILES string of the molecule is N#CC1=C(N)Oc2c(sc3ccccc23)C1c1ccc(OC(F)F)cc1. The van der Waals surface area contributed by atoms with E-state index in [1.54, 1.807) is 12.1 Å². The summed E-state index contributed by atoms with van der Waals surface area (Å²) in [7, 11) is 0. The molecule has 0 bridgehead atoms. The van der Waals surface area contributed by atoms with Crippen molar-refractivity contribution >= 4 is 21.4 Å². The Balaban J connectivity index is 1.85. The summed E-state index contributed by atoms with van der Waals surface area (Å²) in [5.74, 6) is 0.339. The molecule has 0 saturated heterocycles. The lowest BCUT2D eigenvalue weighted by molar-refractivity contribution is -0.0498. The Morgan fingerprint density at radius 3 is 2.58 bits per heavy atom. The van der Waals surface area contributed by atoms with E-state index in [0.717, 1.165) is 20.5 Å². The van der Waals surface area contributed by atoms with Crippen LogP contribution in [0.5, 0.6) is 11.5 Å². The van der Waals surface area contributed by atoms with Crippen molar-refractivity contribution in [2.24, 2.45) is 5.73 Å². The molecule has 26 heavy (non-hydrogen) atoms. The molecule has 7 heteroatoms. The van der Waals surface area contributed by atoms with E-state index in [0.29, 0.717) is 11.3 Å². The normalized spacial score (nSPS) is 16.3. The summed E-state index contributed by atoms with van der Waals surface area (Å²) in [5, 5.41) is 10.5. The fourth-order valence-electron chi connectivity index (χ4n) is 3.05. The second-order valence-electron chi connectivity index (χ2n) is 5.66. The maximum Gasteiger partial charge on any atom is 0.387 e. The van der Waals surface area contributed by atoms with Gasteiger partial charge in [-0.1, -0.05) is 24.3 Å². The maximum absolute atomic E-state index is 12.4. The molecule has 2 heterocycles. The minimum Gasteiger partial charge on any atom is -0.439 e. The molecule has 0 aliphatic carbocycles. The summed E-state index contributed by atoms with van der Waals surface area (Å²) in [6.07, 6.45) is 0. The molecular formula is C19H12F2N2O2S. The van der Waals surface area contributed by atoms with E-state index in [-0.39, 0.29) is 11.6 Å².